The molecule has 2 saturated heterocycles. The van der Waals surface area contributed by atoms with Crippen LogP contribution in [0.4, 0.5) is 9.59 Å². The number of fused-ring (bicyclic) bond motifs is 1. The SMILES string of the molecule is C=C=C1C[C@@H]2CN(C(=O)OCC[Si](C)(C)C)C[C@]3(CCCO[Si](C(C)C)(C(C)C)C(C)C)CN(C(=O)OC(C)(C)C)[C@H]1C[C@H]23. The molecule has 9 heteroatoms. The monoisotopic (exact) mass is 648 g/mol. The van der Waals surface area contributed by atoms with E-state index in [1.165, 1.54) is 0 Å². The predicted octanol–water partition coefficient (Wildman–Crippen LogP) is 9.09. The van der Waals surface area contributed by atoms with Crippen molar-refractivity contribution in [2.75, 3.05) is 32.8 Å². The summed E-state index contributed by atoms with van der Waals surface area (Å²) in [7, 11) is -3.32. The van der Waals surface area contributed by atoms with Crippen LogP contribution in [0, 0.1) is 17.3 Å². The molecule has 0 aromatic carbocycles. The van der Waals surface area contributed by atoms with Gasteiger partial charge in [0.2, 0.25) is 0 Å². The molecule has 3 aliphatic rings. The lowest BCUT2D eigenvalue weighted by Gasteiger charge is -2.61. The molecule has 1 aliphatic carbocycles. The van der Waals surface area contributed by atoms with Crippen LogP contribution in [0.25, 0.3) is 0 Å². The van der Waals surface area contributed by atoms with Gasteiger partial charge in [0.05, 0.1) is 12.6 Å². The molecule has 7 nitrogen and oxygen atoms in total. The first-order valence-electron chi connectivity index (χ1n) is 17.2. The zero-order chi connectivity index (χ0) is 33.3. The van der Waals surface area contributed by atoms with E-state index >= 15 is 0 Å². The van der Waals surface area contributed by atoms with Gasteiger partial charge in [-0.25, -0.2) is 9.59 Å². The summed E-state index contributed by atoms with van der Waals surface area (Å²) < 4.78 is 18.8. The maximum absolute atomic E-state index is 13.7. The molecule has 1 saturated carbocycles. The standard InChI is InChI=1S/C35H64N2O5Si2/c1-14-28-20-29-22-36(32(38)40-18-19-43(11,12)13)23-35(16-15-17-41-44(25(2)3,26(4)5)27(6)7)24-37(31(28)21-30(29)35)33(39)42-34(8,9)10/h25-27,29-31H,1,15-24H2,2-13H3/t29-,30-,31+,35-/m1/s1. The van der Waals surface area contributed by atoms with Crippen LogP contribution < -0.4 is 0 Å². The quantitative estimate of drug-likeness (QED) is 0.127. The van der Waals surface area contributed by atoms with Crippen LogP contribution in [0.1, 0.15) is 88.0 Å². The molecule has 2 heterocycles. The maximum atomic E-state index is 13.7. The van der Waals surface area contributed by atoms with Gasteiger partial charge < -0.3 is 23.7 Å². The van der Waals surface area contributed by atoms with Crippen molar-refractivity contribution in [1.29, 1.82) is 0 Å². The van der Waals surface area contributed by atoms with Crippen LogP contribution in [-0.4, -0.2) is 82.9 Å². The maximum Gasteiger partial charge on any atom is 0.410 e. The number of nitrogens with zero attached hydrogens (tertiary/aromatic N) is 2. The topological polar surface area (TPSA) is 68.3 Å². The Balaban J connectivity index is 1.92. The second-order valence-electron chi connectivity index (χ2n) is 17.1. The fraction of sp³-hybridized carbons (Fsp3) is 0.857. The minimum Gasteiger partial charge on any atom is -0.450 e. The van der Waals surface area contributed by atoms with Gasteiger partial charge in [-0.05, 0) is 86.5 Å². The Bertz CT molecular complexity index is 1050. The van der Waals surface area contributed by atoms with E-state index in [1.54, 1.807) is 0 Å². The van der Waals surface area contributed by atoms with Gasteiger partial charge in [0.1, 0.15) is 5.60 Å². The van der Waals surface area contributed by atoms with Gasteiger partial charge in [0, 0.05) is 39.7 Å². The summed E-state index contributed by atoms with van der Waals surface area (Å²) in [6, 6.07) is 0.900. The van der Waals surface area contributed by atoms with Gasteiger partial charge in [0.15, 0.2) is 8.32 Å². The van der Waals surface area contributed by atoms with E-state index in [0.717, 1.165) is 37.3 Å². The Morgan fingerprint density at radius 1 is 1.00 bits per heavy atom. The van der Waals surface area contributed by atoms with Gasteiger partial charge in [0.25, 0.3) is 0 Å². The highest BCUT2D eigenvalue weighted by Gasteiger charge is 2.58. The Morgan fingerprint density at radius 2 is 1.61 bits per heavy atom. The second kappa shape index (κ2) is 14.1. The summed E-state index contributed by atoms with van der Waals surface area (Å²) in [5.74, 6) is 0.697. The number of hydrogen-bond donors (Lipinski definition) is 0. The molecule has 3 rings (SSSR count). The number of carbonyl (C=O) groups excluding carboxylic acids is 2. The number of amides is 2. The van der Waals surface area contributed by atoms with Gasteiger partial charge >= 0.3 is 12.2 Å². The van der Waals surface area contributed by atoms with Crippen molar-refractivity contribution in [2.45, 2.75) is 142 Å². The minimum atomic E-state index is -1.99. The van der Waals surface area contributed by atoms with Crippen LogP contribution in [0.3, 0.4) is 0 Å². The highest BCUT2D eigenvalue weighted by atomic mass is 28.4. The number of hydrogen-bond acceptors (Lipinski definition) is 5. The van der Waals surface area contributed by atoms with Crippen molar-refractivity contribution in [2.24, 2.45) is 17.3 Å². The fourth-order valence-electron chi connectivity index (χ4n) is 8.75. The summed E-state index contributed by atoms with van der Waals surface area (Å²) in [5.41, 5.74) is 4.99. The highest BCUT2D eigenvalue weighted by molar-refractivity contribution is 6.77. The lowest BCUT2D eigenvalue weighted by atomic mass is 9.55. The molecule has 0 spiro atoms. The number of rotatable bonds is 11. The van der Waals surface area contributed by atoms with E-state index in [4.69, 9.17) is 13.9 Å². The molecule has 4 atom stereocenters. The number of carbonyl (C=O) groups is 2. The first kappa shape index (κ1) is 36.9. The third-order valence-electron chi connectivity index (χ3n) is 10.6. The molecular weight excluding hydrogens is 585 g/mol. The van der Waals surface area contributed by atoms with Gasteiger partial charge in [-0.15, -0.1) is 5.73 Å². The number of piperidine rings is 2. The van der Waals surface area contributed by atoms with Crippen LogP contribution in [0.2, 0.25) is 42.3 Å². The number of ether oxygens (including phenoxy) is 2. The summed E-state index contributed by atoms with van der Waals surface area (Å²) in [5, 5.41) is 0. The molecule has 0 aromatic rings. The zero-order valence-electron chi connectivity index (χ0n) is 30.2. The van der Waals surface area contributed by atoms with E-state index in [-0.39, 0.29) is 23.6 Å². The summed E-state index contributed by atoms with van der Waals surface area (Å²) in [4.78, 5) is 31.2. The van der Waals surface area contributed by atoms with Crippen molar-refractivity contribution in [3.8, 4) is 0 Å². The lowest BCUT2D eigenvalue weighted by molar-refractivity contribution is -0.104. The predicted molar refractivity (Wildman–Crippen MR) is 185 cm³/mol. The van der Waals surface area contributed by atoms with Crippen LogP contribution >= 0.6 is 0 Å². The van der Waals surface area contributed by atoms with Gasteiger partial charge in [-0.1, -0.05) is 67.8 Å². The molecule has 44 heavy (non-hydrogen) atoms. The lowest BCUT2D eigenvalue weighted by Crippen LogP contribution is -2.67. The van der Waals surface area contributed by atoms with Crippen molar-refractivity contribution in [1.82, 2.24) is 9.80 Å². The third kappa shape index (κ3) is 8.23. The Morgan fingerprint density at radius 3 is 2.14 bits per heavy atom. The van der Waals surface area contributed by atoms with E-state index < -0.39 is 22.0 Å². The number of likely N-dealkylation sites (tertiary alicyclic amines) is 2. The molecule has 2 bridgehead atoms. The van der Waals surface area contributed by atoms with Gasteiger partial charge in [-0.3, -0.25) is 0 Å². The highest BCUT2D eigenvalue weighted by Crippen LogP contribution is 2.55. The average Bonchev–Trinajstić information content (AvgIpc) is 2.89. The molecule has 0 unspecified atom stereocenters. The molecule has 252 valence electrons. The van der Waals surface area contributed by atoms with Crippen LogP contribution in [0.15, 0.2) is 17.9 Å². The molecule has 2 amide bonds. The second-order valence-corrected chi connectivity index (χ2v) is 28.2. The Labute approximate surface area is 271 Å². The smallest absolute Gasteiger partial charge is 0.410 e. The fourth-order valence-corrected chi connectivity index (χ4v) is 15.0. The molecule has 2 aliphatic heterocycles. The Hall–Kier alpha value is -1.55. The van der Waals surface area contributed by atoms with Crippen LogP contribution in [-0.2, 0) is 13.9 Å². The molecular formula is C35H64N2O5Si2. The van der Waals surface area contributed by atoms with Crippen molar-refractivity contribution in [3.05, 3.63) is 17.9 Å². The first-order valence-corrected chi connectivity index (χ1v) is 23.0. The van der Waals surface area contributed by atoms with Gasteiger partial charge in [-0.2, -0.15) is 0 Å². The zero-order valence-corrected chi connectivity index (χ0v) is 32.2. The molecule has 3 fully saturated rings. The van der Waals surface area contributed by atoms with Crippen molar-refractivity contribution >= 4 is 28.6 Å². The van der Waals surface area contributed by atoms with E-state index in [1.807, 2.05) is 30.6 Å². The summed E-state index contributed by atoms with van der Waals surface area (Å²) in [6.07, 6.45) is 2.94. The summed E-state index contributed by atoms with van der Waals surface area (Å²) in [6.45, 7) is 33.6. The average molecular weight is 649 g/mol. The molecule has 0 aromatic heterocycles. The van der Waals surface area contributed by atoms with Crippen LogP contribution in [0.5, 0.6) is 0 Å². The third-order valence-corrected chi connectivity index (χ3v) is 18.4. The van der Waals surface area contributed by atoms with E-state index in [9.17, 15) is 9.59 Å². The summed E-state index contributed by atoms with van der Waals surface area (Å²) >= 11 is 0. The van der Waals surface area contributed by atoms with Crippen molar-refractivity contribution in [3.63, 3.8) is 0 Å². The molecule has 0 N–H and O–H groups in total. The normalized spacial score (nSPS) is 25.9. The van der Waals surface area contributed by atoms with E-state index in [0.29, 0.717) is 61.3 Å². The van der Waals surface area contributed by atoms with Crippen molar-refractivity contribution < 1.29 is 23.5 Å². The largest absolute Gasteiger partial charge is 0.450 e. The van der Waals surface area contributed by atoms with E-state index in [2.05, 4.69) is 73.5 Å². The Kier molecular flexibility index (Phi) is 11.8. The molecule has 0 radical (unpaired) electrons. The minimum absolute atomic E-state index is 0.0499. The first-order chi connectivity index (χ1) is 20.3.